The van der Waals surface area contributed by atoms with Crippen LogP contribution in [0, 0.1) is 13.8 Å². The number of aromatic nitrogens is 2. The number of nitrogens with one attached hydrogen (secondary N) is 2. The van der Waals surface area contributed by atoms with Gasteiger partial charge in [-0.15, -0.1) is 10.2 Å². The first-order valence-corrected chi connectivity index (χ1v) is 8.35. The molecule has 0 saturated heterocycles. The third-order valence-electron chi connectivity index (χ3n) is 2.67. The van der Waals surface area contributed by atoms with Crippen LogP contribution in [0.4, 0.5) is 11.4 Å². The minimum Gasteiger partial charge on any atom is -0.326 e. The van der Waals surface area contributed by atoms with Gasteiger partial charge < -0.3 is 10.6 Å². The van der Waals surface area contributed by atoms with Gasteiger partial charge in [-0.1, -0.05) is 29.2 Å². The van der Waals surface area contributed by atoms with Crippen molar-refractivity contribution >= 4 is 46.3 Å². The number of hydrogen-bond acceptors (Lipinski definition) is 6. The monoisotopic (exact) mass is 336 g/mol. The average Bonchev–Trinajstić information content (AvgIpc) is 2.85. The second-order valence-electron chi connectivity index (χ2n) is 4.63. The zero-order chi connectivity index (χ0) is 16.1. The predicted molar refractivity (Wildman–Crippen MR) is 89.5 cm³/mol. The molecule has 0 saturated carbocycles. The highest BCUT2D eigenvalue weighted by Gasteiger charge is 2.08. The Labute approximate surface area is 136 Å². The summed E-state index contributed by atoms with van der Waals surface area (Å²) in [5.41, 5.74) is 2.28. The van der Waals surface area contributed by atoms with E-state index >= 15 is 0 Å². The molecule has 0 radical (unpaired) electrons. The molecular formula is C14H16N4O2S2. The van der Waals surface area contributed by atoms with Crippen molar-refractivity contribution in [1.82, 2.24) is 10.2 Å². The zero-order valence-electron chi connectivity index (χ0n) is 12.5. The lowest BCUT2D eigenvalue weighted by atomic mass is 10.2. The summed E-state index contributed by atoms with van der Waals surface area (Å²) in [6, 6.07) is 5.40. The molecule has 0 bridgehead atoms. The molecular weight excluding hydrogens is 320 g/mol. The molecule has 0 aliphatic heterocycles. The maximum atomic E-state index is 11.9. The first-order valence-electron chi connectivity index (χ1n) is 6.55. The van der Waals surface area contributed by atoms with Crippen LogP contribution in [-0.4, -0.2) is 27.8 Å². The molecule has 2 amide bonds. The van der Waals surface area contributed by atoms with E-state index in [-0.39, 0.29) is 17.6 Å². The first kappa shape index (κ1) is 16.4. The number of anilines is 2. The summed E-state index contributed by atoms with van der Waals surface area (Å²) < 4.78 is 0.774. The van der Waals surface area contributed by atoms with Crippen molar-refractivity contribution in [2.75, 3.05) is 16.4 Å². The van der Waals surface area contributed by atoms with Crippen molar-refractivity contribution in [3.8, 4) is 0 Å². The van der Waals surface area contributed by atoms with E-state index in [0.717, 1.165) is 14.9 Å². The van der Waals surface area contributed by atoms with Gasteiger partial charge in [-0.05, 0) is 31.5 Å². The maximum absolute atomic E-state index is 11.9. The highest BCUT2D eigenvalue weighted by atomic mass is 32.2. The summed E-state index contributed by atoms with van der Waals surface area (Å²) in [6.45, 7) is 5.22. The average molecular weight is 336 g/mol. The number of nitrogens with zero attached hydrogens (tertiary/aromatic N) is 2. The number of rotatable bonds is 5. The molecule has 2 rings (SSSR count). The minimum absolute atomic E-state index is 0.129. The van der Waals surface area contributed by atoms with Crippen molar-refractivity contribution in [3.05, 3.63) is 28.8 Å². The minimum atomic E-state index is -0.145. The molecule has 22 heavy (non-hydrogen) atoms. The van der Waals surface area contributed by atoms with Gasteiger partial charge in [0.2, 0.25) is 11.8 Å². The Hall–Kier alpha value is -1.93. The van der Waals surface area contributed by atoms with E-state index in [2.05, 4.69) is 20.8 Å². The van der Waals surface area contributed by atoms with Crippen LogP contribution in [0.2, 0.25) is 0 Å². The number of thioether (sulfide) groups is 1. The van der Waals surface area contributed by atoms with Crippen molar-refractivity contribution in [3.63, 3.8) is 0 Å². The Kier molecular flexibility index (Phi) is 5.51. The van der Waals surface area contributed by atoms with Gasteiger partial charge in [-0.25, -0.2) is 0 Å². The van der Waals surface area contributed by atoms with Gasteiger partial charge in [-0.3, -0.25) is 9.59 Å². The third-order valence-corrected chi connectivity index (χ3v) is 4.64. The van der Waals surface area contributed by atoms with E-state index in [1.54, 1.807) is 12.1 Å². The lowest BCUT2D eigenvalue weighted by Crippen LogP contribution is -2.14. The zero-order valence-corrected chi connectivity index (χ0v) is 14.1. The molecule has 0 atom stereocenters. The van der Waals surface area contributed by atoms with Crippen molar-refractivity contribution in [2.24, 2.45) is 0 Å². The first-order chi connectivity index (χ1) is 10.4. The van der Waals surface area contributed by atoms with Crippen LogP contribution in [0.3, 0.4) is 0 Å². The fourth-order valence-corrected chi connectivity index (χ4v) is 3.30. The molecule has 0 aliphatic rings. The number of carbonyl (C=O) groups excluding carboxylic acids is 2. The standard InChI is InChI=1S/C14H16N4O2S2/c1-8-4-5-11(6-12(8)15-9(2)19)16-13(20)7-21-14-18-17-10(3)22-14/h4-6H,7H2,1-3H3,(H,15,19)(H,16,20). The summed E-state index contributed by atoms with van der Waals surface area (Å²) in [7, 11) is 0. The Balaban J connectivity index is 1.94. The molecule has 0 spiro atoms. The van der Waals surface area contributed by atoms with Crippen molar-refractivity contribution < 1.29 is 9.59 Å². The van der Waals surface area contributed by atoms with E-state index in [1.165, 1.54) is 30.0 Å². The molecule has 0 unspecified atom stereocenters. The Bertz CT molecular complexity index is 700. The fourth-order valence-electron chi connectivity index (χ4n) is 1.69. The molecule has 1 aromatic heterocycles. The topological polar surface area (TPSA) is 84.0 Å². The molecule has 116 valence electrons. The van der Waals surface area contributed by atoms with Crippen LogP contribution >= 0.6 is 23.1 Å². The predicted octanol–water partition coefficient (Wildman–Crippen LogP) is 2.84. The molecule has 6 nitrogen and oxygen atoms in total. The number of benzene rings is 1. The summed E-state index contributed by atoms with van der Waals surface area (Å²) in [5, 5.41) is 14.3. The van der Waals surface area contributed by atoms with Gasteiger partial charge in [-0.2, -0.15) is 0 Å². The van der Waals surface area contributed by atoms with Crippen LogP contribution in [0.25, 0.3) is 0 Å². The lowest BCUT2D eigenvalue weighted by molar-refractivity contribution is -0.114. The molecule has 8 heteroatoms. The van der Waals surface area contributed by atoms with E-state index < -0.39 is 0 Å². The van der Waals surface area contributed by atoms with Crippen LogP contribution in [0.1, 0.15) is 17.5 Å². The van der Waals surface area contributed by atoms with Crippen LogP contribution in [-0.2, 0) is 9.59 Å². The molecule has 1 aromatic carbocycles. The third kappa shape index (κ3) is 4.81. The van der Waals surface area contributed by atoms with Crippen LogP contribution in [0.5, 0.6) is 0 Å². The summed E-state index contributed by atoms with van der Waals surface area (Å²) in [6.07, 6.45) is 0. The van der Waals surface area contributed by atoms with E-state index in [9.17, 15) is 9.59 Å². The smallest absolute Gasteiger partial charge is 0.234 e. The fraction of sp³-hybridized carbons (Fsp3) is 0.286. The number of carbonyl (C=O) groups is 2. The molecule has 2 N–H and O–H groups in total. The Morgan fingerprint density at radius 3 is 2.64 bits per heavy atom. The van der Waals surface area contributed by atoms with Crippen LogP contribution < -0.4 is 10.6 Å². The highest BCUT2D eigenvalue weighted by Crippen LogP contribution is 2.23. The maximum Gasteiger partial charge on any atom is 0.234 e. The van der Waals surface area contributed by atoms with Gasteiger partial charge in [0.25, 0.3) is 0 Å². The van der Waals surface area contributed by atoms with E-state index in [1.807, 2.05) is 19.9 Å². The van der Waals surface area contributed by atoms with E-state index in [0.29, 0.717) is 11.4 Å². The normalized spacial score (nSPS) is 10.3. The van der Waals surface area contributed by atoms with Crippen molar-refractivity contribution in [2.45, 2.75) is 25.1 Å². The quantitative estimate of drug-likeness (QED) is 0.820. The molecule has 2 aromatic rings. The van der Waals surface area contributed by atoms with Gasteiger partial charge in [0.05, 0.1) is 5.75 Å². The summed E-state index contributed by atoms with van der Waals surface area (Å²) >= 11 is 2.81. The van der Waals surface area contributed by atoms with Gasteiger partial charge in [0.1, 0.15) is 5.01 Å². The second-order valence-corrected chi connectivity index (χ2v) is 7.04. The van der Waals surface area contributed by atoms with Gasteiger partial charge in [0.15, 0.2) is 4.34 Å². The number of hydrogen-bond donors (Lipinski definition) is 2. The van der Waals surface area contributed by atoms with Gasteiger partial charge >= 0.3 is 0 Å². The lowest BCUT2D eigenvalue weighted by Gasteiger charge is -2.10. The van der Waals surface area contributed by atoms with Gasteiger partial charge in [0, 0.05) is 18.3 Å². The van der Waals surface area contributed by atoms with E-state index in [4.69, 9.17) is 0 Å². The number of aryl methyl sites for hydroxylation is 2. The largest absolute Gasteiger partial charge is 0.326 e. The SMILES string of the molecule is CC(=O)Nc1cc(NC(=O)CSc2nnc(C)s2)ccc1C. The Morgan fingerprint density at radius 2 is 2.00 bits per heavy atom. The Morgan fingerprint density at radius 1 is 1.23 bits per heavy atom. The molecule has 0 fully saturated rings. The summed E-state index contributed by atoms with van der Waals surface area (Å²) in [5.74, 6) is -0.0120. The highest BCUT2D eigenvalue weighted by molar-refractivity contribution is 8.01. The summed E-state index contributed by atoms with van der Waals surface area (Å²) in [4.78, 5) is 23.1. The molecule has 0 aliphatic carbocycles. The molecule has 1 heterocycles. The van der Waals surface area contributed by atoms with Crippen molar-refractivity contribution in [1.29, 1.82) is 0 Å². The van der Waals surface area contributed by atoms with Crippen LogP contribution in [0.15, 0.2) is 22.5 Å². The second kappa shape index (κ2) is 7.37. The number of amides is 2.